The van der Waals surface area contributed by atoms with Crippen molar-refractivity contribution < 1.29 is 14.0 Å². The number of carbonyl (C=O) groups excluding carboxylic acids is 2. The van der Waals surface area contributed by atoms with E-state index in [-0.39, 0.29) is 12.5 Å². The predicted molar refractivity (Wildman–Crippen MR) is 93.3 cm³/mol. The van der Waals surface area contributed by atoms with Crippen LogP contribution >= 0.6 is 0 Å². The fourth-order valence-corrected chi connectivity index (χ4v) is 2.77. The molecule has 3 rings (SSSR count). The number of oxazole rings is 1. The molecular formula is C18H22N4O3. The minimum Gasteiger partial charge on any atom is -0.444 e. The third-order valence-electron chi connectivity index (χ3n) is 4.33. The van der Waals surface area contributed by atoms with E-state index in [1.165, 1.54) is 0 Å². The molecule has 1 aliphatic heterocycles. The van der Waals surface area contributed by atoms with Crippen LogP contribution in [0, 0.1) is 20.8 Å². The first-order valence-electron chi connectivity index (χ1n) is 8.29. The second kappa shape index (κ2) is 6.96. The Balaban J connectivity index is 1.53. The lowest BCUT2D eigenvalue weighted by molar-refractivity contribution is -0.118. The molecule has 1 aromatic carbocycles. The summed E-state index contributed by atoms with van der Waals surface area (Å²) < 4.78 is 5.41. The first-order chi connectivity index (χ1) is 11.9. The molecule has 132 valence electrons. The van der Waals surface area contributed by atoms with Crippen molar-refractivity contribution in [2.75, 3.05) is 11.4 Å². The van der Waals surface area contributed by atoms with Crippen LogP contribution in [0.5, 0.6) is 0 Å². The third-order valence-corrected chi connectivity index (χ3v) is 4.33. The molecule has 1 saturated heterocycles. The first kappa shape index (κ1) is 17.0. The summed E-state index contributed by atoms with van der Waals surface area (Å²) in [5.74, 6) is 1.09. The number of rotatable bonds is 4. The molecular weight excluding hydrogens is 320 g/mol. The second-order valence-electron chi connectivity index (χ2n) is 6.24. The topological polar surface area (TPSA) is 87.5 Å². The van der Waals surface area contributed by atoms with E-state index >= 15 is 0 Å². The van der Waals surface area contributed by atoms with Crippen LogP contribution in [0.2, 0.25) is 0 Å². The van der Waals surface area contributed by atoms with E-state index in [0.717, 1.165) is 22.7 Å². The Labute approximate surface area is 146 Å². The summed E-state index contributed by atoms with van der Waals surface area (Å²) in [5.41, 5.74) is 2.80. The van der Waals surface area contributed by atoms with Crippen LogP contribution in [-0.2, 0) is 11.3 Å². The van der Waals surface area contributed by atoms with Crippen molar-refractivity contribution in [3.8, 4) is 0 Å². The summed E-state index contributed by atoms with van der Waals surface area (Å²) in [5, 5.41) is 5.39. The molecule has 7 nitrogen and oxygen atoms in total. The number of anilines is 1. The minimum absolute atomic E-state index is 0.0955. The monoisotopic (exact) mass is 342 g/mol. The molecule has 1 aromatic heterocycles. The van der Waals surface area contributed by atoms with Gasteiger partial charge in [-0.2, -0.15) is 0 Å². The Morgan fingerprint density at radius 2 is 2.00 bits per heavy atom. The van der Waals surface area contributed by atoms with Gasteiger partial charge in [-0.1, -0.05) is 17.7 Å². The Bertz CT molecular complexity index is 763. The van der Waals surface area contributed by atoms with Gasteiger partial charge in [0.25, 0.3) is 0 Å². The molecule has 7 heteroatoms. The molecule has 1 atom stereocenters. The van der Waals surface area contributed by atoms with Gasteiger partial charge in [0.1, 0.15) is 11.8 Å². The minimum atomic E-state index is -0.519. The Morgan fingerprint density at radius 1 is 1.28 bits per heavy atom. The normalized spacial score (nSPS) is 17.0. The molecule has 1 aliphatic rings. The zero-order chi connectivity index (χ0) is 18.0. The molecule has 0 aliphatic carbocycles. The van der Waals surface area contributed by atoms with Crippen molar-refractivity contribution in [3.05, 3.63) is 47.2 Å². The van der Waals surface area contributed by atoms with Crippen molar-refractivity contribution >= 4 is 17.6 Å². The van der Waals surface area contributed by atoms with Crippen LogP contribution in [-0.4, -0.2) is 29.5 Å². The van der Waals surface area contributed by atoms with Gasteiger partial charge in [0.2, 0.25) is 11.8 Å². The number of urea groups is 1. The maximum absolute atomic E-state index is 12.5. The number of hydrogen-bond acceptors (Lipinski definition) is 4. The van der Waals surface area contributed by atoms with Gasteiger partial charge in [0.15, 0.2) is 0 Å². The highest BCUT2D eigenvalue weighted by molar-refractivity contribution is 6.01. The van der Waals surface area contributed by atoms with Crippen LogP contribution in [0.4, 0.5) is 10.5 Å². The van der Waals surface area contributed by atoms with E-state index in [0.29, 0.717) is 18.9 Å². The number of aryl methyl sites for hydroxylation is 3. The molecule has 1 unspecified atom stereocenters. The predicted octanol–water partition coefficient (Wildman–Crippen LogP) is 2.20. The summed E-state index contributed by atoms with van der Waals surface area (Å²) in [6.45, 7) is 6.44. The van der Waals surface area contributed by atoms with Crippen LogP contribution in [0.25, 0.3) is 0 Å². The smallest absolute Gasteiger partial charge is 0.315 e. The van der Waals surface area contributed by atoms with Crippen molar-refractivity contribution in [1.82, 2.24) is 15.6 Å². The summed E-state index contributed by atoms with van der Waals surface area (Å²) in [4.78, 5) is 30.4. The van der Waals surface area contributed by atoms with E-state index in [1.807, 2.05) is 45.0 Å². The number of amides is 3. The second-order valence-corrected chi connectivity index (χ2v) is 6.24. The van der Waals surface area contributed by atoms with Crippen LogP contribution in [0.15, 0.2) is 28.7 Å². The van der Waals surface area contributed by atoms with Gasteiger partial charge in [-0.25, -0.2) is 9.78 Å². The zero-order valence-electron chi connectivity index (χ0n) is 14.6. The van der Waals surface area contributed by atoms with Gasteiger partial charge in [-0.3, -0.25) is 4.79 Å². The zero-order valence-corrected chi connectivity index (χ0v) is 14.6. The van der Waals surface area contributed by atoms with Gasteiger partial charge in [0, 0.05) is 12.2 Å². The summed E-state index contributed by atoms with van der Waals surface area (Å²) >= 11 is 0. The average molecular weight is 342 g/mol. The number of carbonyl (C=O) groups is 2. The van der Waals surface area contributed by atoms with E-state index in [4.69, 9.17) is 4.42 Å². The lowest BCUT2D eigenvalue weighted by atomic mass is 10.2. The van der Waals surface area contributed by atoms with E-state index in [2.05, 4.69) is 15.6 Å². The average Bonchev–Trinajstić information content (AvgIpc) is 3.10. The summed E-state index contributed by atoms with van der Waals surface area (Å²) in [7, 11) is 0. The van der Waals surface area contributed by atoms with Crippen molar-refractivity contribution in [3.63, 3.8) is 0 Å². The fraction of sp³-hybridized carbons (Fsp3) is 0.389. The summed E-state index contributed by atoms with van der Waals surface area (Å²) in [6.07, 6.45) is 0.581. The third kappa shape index (κ3) is 3.81. The van der Waals surface area contributed by atoms with E-state index in [1.54, 1.807) is 4.90 Å². The number of nitrogens with zero attached hydrogens (tertiary/aromatic N) is 2. The lowest BCUT2D eigenvalue weighted by Crippen LogP contribution is -2.46. The molecule has 3 amide bonds. The van der Waals surface area contributed by atoms with Crippen LogP contribution in [0.1, 0.15) is 29.3 Å². The number of nitrogens with one attached hydrogen (secondary N) is 2. The lowest BCUT2D eigenvalue weighted by Gasteiger charge is -2.17. The molecule has 0 bridgehead atoms. The SMILES string of the molecule is Cc1ccc(N2CCC(NC(=O)NCc3nc(C)c(C)o3)C2=O)cc1. The first-order valence-corrected chi connectivity index (χ1v) is 8.29. The van der Waals surface area contributed by atoms with Gasteiger partial charge in [0.05, 0.1) is 12.2 Å². The molecule has 25 heavy (non-hydrogen) atoms. The highest BCUT2D eigenvalue weighted by atomic mass is 16.4. The molecule has 2 N–H and O–H groups in total. The number of benzene rings is 1. The quantitative estimate of drug-likeness (QED) is 0.892. The van der Waals surface area contributed by atoms with Gasteiger partial charge >= 0.3 is 6.03 Å². The van der Waals surface area contributed by atoms with Crippen LogP contribution in [0.3, 0.4) is 0 Å². The number of hydrogen-bond donors (Lipinski definition) is 2. The molecule has 0 spiro atoms. The maximum atomic E-state index is 12.5. The number of aromatic nitrogens is 1. The largest absolute Gasteiger partial charge is 0.444 e. The van der Waals surface area contributed by atoms with E-state index < -0.39 is 12.1 Å². The van der Waals surface area contributed by atoms with Gasteiger partial charge < -0.3 is 20.0 Å². The van der Waals surface area contributed by atoms with Crippen molar-refractivity contribution in [2.45, 2.75) is 39.8 Å². The molecule has 2 heterocycles. The van der Waals surface area contributed by atoms with Crippen molar-refractivity contribution in [1.29, 1.82) is 0 Å². The Morgan fingerprint density at radius 3 is 2.64 bits per heavy atom. The van der Waals surface area contributed by atoms with Gasteiger partial charge in [-0.15, -0.1) is 0 Å². The maximum Gasteiger partial charge on any atom is 0.315 e. The summed E-state index contributed by atoms with van der Waals surface area (Å²) in [6, 6.07) is 6.85. The highest BCUT2D eigenvalue weighted by Crippen LogP contribution is 2.22. The fourth-order valence-electron chi connectivity index (χ4n) is 2.77. The highest BCUT2D eigenvalue weighted by Gasteiger charge is 2.33. The molecule has 1 fully saturated rings. The van der Waals surface area contributed by atoms with Crippen LogP contribution < -0.4 is 15.5 Å². The standard InChI is InChI=1S/C18H22N4O3/c1-11-4-6-14(7-5-11)22-9-8-15(17(22)23)21-18(24)19-10-16-20-12(2)13(3)25-16/h4-7,15H,8-10H2,1-3H3,(H2,19,21,24). The molecule has 0 saturated carbocycles. The Kier molecular flexibility index (Phi) is 4.74. The van der Waals surface area contributed by atoms with Crippen molar-refractivity contribution in [2.24, 2.45) is 0 Å². The molecule has 2 aromatic rings. The Hall–Kier alpha value is -2.83. The molecule has 0 radical (unpaired) electrons. The van der Waals surface area contributed by atoms with Gasteiger partial charge in [-0.05, 0) is 39.3 Å². The van der Waals surface area contributed by atoms with E-state index in [9.17, 15) is 9.59 Å².